The van der Waals surface area contributed by atoms with Crippen molar-refractivity contribution < 1.29 is 19.8 Å². The molecule has 5 nitrogen and oxygen atoms in total. The van der Waals surface area contributed by atoms with Gasteiger partial charge in [0.05, 0.1) is 6.10 Å². The summed E-state index contributed by atoms with van der Waals surface area (Å²) in [4.78, 5) is 24.6. The number of amides is 1. The van der Waals surface area contributed by atoms with Gasteiger partial charge in [-0.2, -0.15) is 0 Å². The number of unbranched alkanes of at least 4 members (excludes halogenated alkanes) is 3. The van der Waals surface area contributed by atoms with Gasteiger partial charge < -0.3 is 15.1 Å². The van der Waals surface area contributed by atoms with E-state index in [0.29, 0.717) is 19.4 Å². The van der Waals surface area contributed by atoms with E-state index >= 15 is 0 Å². The predicted octanol–water partition coefficient (Wildman–Crippen LogP) is 3.90. The first-order chi connectivity index (χ1) is 12.0. The molecule has 0 aromatic carbocycles. The third-order valence-corrected chi connectivity index (χ3v) is 4.89. The number of allylic oxidation sites excluding steroid dienone is 1. The average Bonchev–Trinajstić information content (AvgIpc) is 2.57. The molecule has 25 heavy (non-hydrogen) atoms. The Bertz CT molecular complexity index is 422. The molecular weight excluding hydrogens is 318 g/mol. The Morgan fingerprint density at radius 3 is 2.80 bits per heavy atom. The number of likely N-dealkylation sites (tertiary alicyclic amines) is 1. The monoisotopic (exact) mass is 353 g/mol. The molecule has 1 rings (SSSR count). The highest BCUT2D eigenvalue weighted by molar-refractivity contribution is 5.77. The second-order valence-electron chi connectivity index (χ2n) is 7.08. The van der Waals surface area contributed by atoms with E-state index in [2.05, 4.69) is 6.92 Å². The summed E-state index contributed by atoms with van der Waals surface area (Å²) in [6.07, 6.45) is 13.7. The molecule has 0 spiro atoms. The maximum Gasteiger partial charge on any atom is 0.303 e. The zero-order valence-corrected chi connectivity index (χ0v) is 15.7. The summed E-state index contributed by atoms with van der Waals surface area (Å²) < 4.78 is 0. The smallest absolute Gasteiger partial charge is 0.303 e. The molecule has 144 valence electrons. The van der Waals surface area contributed by atoms with E-state index in [-0.39, 0.29) is 24.5 Å². The lowest BCUT2D eigenvalue weighted by molar-refractivity contribution is -0.137. The number of carboxylic acids is 1. The Morgan fingerprint density at radius 1 is 1.28 bits per heavy atom. The molecule has 1 unspecified atom stereocenters. The Morgan fingerprint density at radius 2 is 2.08 bits per heavy atom. The van der Waals surface area contributed by atoms with E-state index in [1.807, 2.05) is 17.1 Å². The van der Waals surface area contributed by atoms with Crippen LogP contribution in [0.5, 0.6) is 0 Å². The van der Waals surface area contributed by atoms with Gasteiger partial charge in [0, 0.05) is 25.4 Å². The summed E-state index contributed by atoms with van der Waals surface area (Å²) in [5, 5.41) is 18.7. The molecule has 2 N–H and O–H groups in total. The van der Waals surface area contributed by atoms with E-state index in [1.165, 1.54) is 0 Å². The zero-order chi connectivity index (χ0) is 18.5. The fraction of sp³-hybridized carbons (Fsp3) is 0.800. The van der Waals surface area contributed by atoms with Crippen molar-refractivity contribution in [3.8, 4) is 0 Å². The van der Waals surface area contributed by atoms with Crippen LogP contribution >= 0.6 is 0 Å². The van der Waals surface area contributed by atoms with Crippen molar-refractivity contribution >= 4 is 11.9 Å². The van der Waals surface area contributed by atoms with Crippen molar-refractivity contribution in [2.45, 2.75) is 96.1 Å². The molecule has 0 saturated carbocycles. The number of carbonyl (C=O) groups is 2. The van der Waals surface area contributed by atoms with Crippen LogP contribution in [0.1, 0.15) is 84.0 Å². The number of hydrogen-bond acceptors (Lipinski definition) is 3. The Hall–Kier alpha value is -1.36. The fourth-order valence-electron chi connectivity index (χ4n) is 3.38. The van der Waals surface area contributed by atoms with Gasteiger partial charge in [0.1, 0.15) is 0 Å². The lowest BCUT2D eigenvalue weighted by Crippen LogP contribution is -2.44. The Kier molecular flexibility index (Phi) is 11.2. The lowest BCUT2D eigenvalue weighted by atomic mass is 9.95. The maximum atomic E-state index is 12.2. The van der Waals surface area contributed by atoms with Crippen LogP contribution in [0.3, 0.4) is 0 Å². The van der Waals surface area contributed by atoms with Crippen LogP contribution in [-0.2, 0) is 9.59 Å². The average molecular weight is 354 g/mol. The summed E-state index contributed by atoms with van der Waals surface area (Å²) in [6.45, 7) is 2.76. The summed E-state index contributed by atoms with van der Waals surface area (Å²) >= 11 is 0. The number of aliphatic hydroxyl groups is 1. The van der Waals surface area contributed by atoms with Crippen LogP contribution in [0.4, 0.5) is 0 Å². The van der Waals surface area contributed by atoms with Gasteiger partial charge in [0.15, 0.2) is 0 Å². The fourth-order valence-corrected chi connectivity index (χ4v) is 3.38. The molecule has 1 aliphatic heterocycles. The number of aliphatic hydroxyl groups excluding tert-OH is 1. The maximum absolute atomic E-state index is 12.2. The standard InChI is InChI=1S/C20H35NO4/c1-2-3-6-11-18(22)15-14-17-10-9-12-19(23)21(17)16-8-5-4-7-13-20(24)25/h5,8,17-18,22H,2-4,6-7,9-16H2,1H3,(H,24,25)/t17-,18?/m1/s1. The van der Waals surface area contributed by atoms with Crippen LogP contribution in [0, 0.1) is 0 Å². The molecule has 0 aromatic heterocycles. The number of hydrogen-bond donors (Lipinski definition) is 2. The van der Waals surface area contributed by atoms with E-state index < -0.39 is 5.97 Å². The van der Waals surface area contributed by atoms with Gasteiger partial charge >= 0.3 is 5.97 Å². The molecule has 5 heteroatoms. The van der Waals surface area contributed by atoms with Gasteiger partial charge in [0.25, 0.3) is 0 Å². The molecule has 0 bridgehead atoms. The highest BCUT2D eigenvalue weighted by atomic mass is 16.4. The third-order valence-electron chi connectivity index (χ3n) is 4.89. The molecule has 0 aromatic rings. The number of nitrogens with zero attached hydrogens (tertiary/aromatic N) is 1. The Balaban J connectivity index is 2.35. The van der Waals surface area contributed by atoms with E-state index in [9.17, 15) is 14.7 Å². The van der Waals surface area contributed by atoms with Gasteiger partial charge in [-0.05, 0) is 44.9 Å². The van der Waals surface area contributed by atoms with Crippen molar-refractivity contribution in [2.75, 3.05) is 6.54 Å². The van der Waals surface area contributed by atoms with Crippen molar-refractivity contribution in [3.63, 3.8) is 0 Å². The van der Waals surface area contributed by atoms with Crippen molar-refractivity contribution in [1.29, 1.82) is 0 Å². The largest absolute Gasteiger partial charge is 0.481 e. The van der Waals surface area contributed by atoms with Crippen LogP contribution < -0.4 is 0 Å². The van der Waals surface area contributed by atoms with Crippen LogP contribution in [-0.4, -0.2) is 45.7 Å². The molecule has 1 saturated heterocycles. The first-order valence-electron chi connectivity index (χ1n) is 9.89. The van der Waals surface area contributed by atoms with Crippen LogP contribution in [0.25, 0.3) is 0 Å². The van der Waals surface area contributed by atoms with Crippen molar-refractivity contribution in [2.24, 2.45) is 0 Å². The minimum atomic E-state index is -0.767. The highest BCUT2D eigenvalue weighted by Gasteiger charge is 2.27. The number of carboxylic acid groups (broad SMARTS) is 1. The quantitative estimate of drug-likeness (QED) is 0.389. The number of aliphatic carboxylic acids is 1. The SMILES string of the molecule is CCCCCC(O)CC[C@H]1CCCC(=O)N1CC=CCCCC(=O)O. The zero-order valence-electron chi connectivity index (χ0n) is 15.7. The second-order valence-corrected chi connectivity index (χ2v) is 7.08. The first kappa shape index (κ1) is 21.7. The molecular formula is C20H35NO4. The number of piperidine rings is 1. The summed E-state index contributed by atoms with van der Waals surface area (Å²) in [5.41, 5.74) is 0. The van der Waals surface area contributed by atoms with Crippen molar-refractivity contribution in [1.82, 2.24) is 4.90 Å². The second kappa shape index (κ2) is 12.9. The number of carbonyl (C=O) groups excluding carboxylic acids is 1. The van der Waals surface area contributed by atoms with Gasteiger partial charge in [-0.3, -0.25) is 9.59 Å². The third kappa shape index (κ3) is 9.63. The minimum Gasteiger partial charge on any atom is -0.481 e. The van der Waals surface area contributed by atoms with Gasteiger partial charge in [-0.15, -0.1) is 0 Å². The normalized spacial score (nSPS) is 19.5. The Labute approximate surface area is 152 Å². The molecule has 1 heterocycles. The van der Waals surface area contributed by atoms with Crippen LogP contribution in [0.2, 0.25) is 0 Å². The van der Waals surface area contributed by atoms with E-state index in [1.54, 1.807) is 0 Å². The summed E-state index contributed by atoms with van der Waals surface area (Å²) in [7, 11) is 0. The lowest BCUT2D eigenvalue weighted by Gasteiger charge is -2.35. The molecule has 2 atom stereocenters. The summed E-state index contributed by atoms with van der Waals surface area (Å²) in [6, 6.07) is 0.228. The predicted molar refractivity (Wildman–Crippen MR) is 99.4 cm³/mol. The van der Waals surface area contributed by atoms with Gasteiger partial charge in [-0.1, -0.05) is 38.3 Å². The topological polar surface area (TPSA) is 77.8 Å². The van der Waals surface area contributed by atoms with E-state index in [0.717, 1.165) is 57.8 Å². The van der Waals surface area contributed by atoms with E-state index in [4.69, 9.17) is 5.11 Å². The van der Waals surface area contributed by atoms with Gasteiger partial charge in [0.2, 0.25) is 5.91 Å². The summed E-state index contributed by atoms with van der Waals surface area (Å²) in [5.74, 6) is -0.566. The highest BCUT2D eigenvalue weighted by Crippen LogP contribution is 2.23. The molecule has 1 aliphatic rings. The molecule has 0 aliphatic carbocycles. The number of rotatable bonds is 13. The molecule has 0 radical (unpaired) electrons. The van der Waals surface area contributed by atoms with Crippen LogP contribution in [0.15, 0.2) is 12.2 Å². The molecule has 1 amide bonds. The first-order valence-corrected chi connectivity index (χ1v) is 9.89. The minimum absolute atomic E-state index is 0.186. The molecule has 1 fully saturated rings. The van der Waals surface area contributed by atoms with Gasteiger partial charge in [-0.25, -0.2) is 0 Å². The van der Waals surface area contributed by atoms with Crippen molar-refractivity contribution in [3.05, 3.63) is 12.2 Å².